The van der Waals surface area contributed by atoms with Crippen LogP contribution in [0.2, 0.25) is 0 Å². The Hall–Kier alpha value is -3.09. The van der Waals surface area contributed by atoms with Crippen LogP contribution in [0.15, 0.2) is 53.5 Å². The molecule has 0 saturated heterocycles. The van der Waals surface area contributed by atoms with Crippen molar-refractivity contribution in [1.82, 2.24) is 15.5 Å². The van der Waals surface area contributed by atoms with Gasteiger partial charge in [-0.2, -0.15) is 0 Å². The Bertz CT molecular complexity index is 789. The quantitative estimate of drug-likeness (QED) is 0.567. The molecule has 0 saturated carbocycles. The number of hydrogen-bond acceptors (Lipinski definition) is 3. The molecule has 2 aromatic carbocycles. The van der Waals surface area contributed by atoms with E-state index in [9.17, 15) is 9.18 Å². The molecule has 0 aliphatic heterocycles. The first-order valence-corrected chi connectivity index (χ1v) is 9.06. The highest BCUT2D eigenvalue weighted by Gasteiger charge is 2.08. The molecule has 0 spiro atoms. The van der Waals surface area contributed by atoms with Crippen LogP contribution in [0.5, 0.6) is 5.75 Å². The number of hydrogen-bond donors (Lipinski definition) is 2. The fraction of sp³-hybridized carbons (Fsp3) is 0.333. The molecular formula is C21H27FN4O2. The SMILES string of the molecule is CN=C(NCc1ccc(C(=O)N(C)C)cc1)NCC(C)Oc1ccc(F)cc1. The van der Waals surface area contributed by atoms with Gasteiger partial charge in [0, 0.05) is 33.3 Å². The first-order valence-electron chi connectivity index (χ1n) is 9.06. The van der Waals surface area contributed by atoms with E-state index >= 15 is 0 Å². The van der Waals surface area contributed by atoms with E-state index in [1.54, 1.807) is 38.2 Å². The number of nitrogens with zero attached hydrogens (tertiary/aromatic N) is 2. The van der Waals surface area contributed by atoms with Crippen molar-refractivity contribution < 1.29 is 13.9 Å². The molecule has 28 heavy (non-hydrogen) atoms. The third kappa shape index (κ3) is 6.57. The predicted octanol–water partition coefficient (Wildman–Crippen LogP) is 2.66. The summed E-state index contributed by atoms with van der Waals surface area (Å²) in [7, 11) is 5.15. The Labute approximate surface area is 165 Å². The van der Waals surface area contributed by atoms with Crippen LogP contribution in [0.25, 0.3) is 0 Å². The van der Waals surface area contributed by atoms with Crippen LogP contribution in [-0.4, -0.2) is 50.6 Å². The number of carbonyl (C=O) groups is 1. The van der Waals surface area contributed by atoms with Crippen molar-refractivity contribution in [1.29, 1.82) is 0 Å². The lowest BCUT2D eigenvalue weighted by Gasteiger charge is -2.18. The first kappa shape index (κ1) is 21.2. The van der Waals surface area contributed by atoms with Crippen molar-refractivity contribution >= 4 is 11.9 Å². The second-order valence-corrected chi connectivity index (χ2v) is 6.59. The largest absolute Gasteiger partial charge is 0.489 e. The number of rotatable bonds is 7. The second-order valence-electron chi connectivity index (χ2n) is 6.59. The summed E-state index contributed by atoms with van der Waals surface area (Å²) < 4.78 is 18.7. The average Bonchev–Trinajstić information content (AvgIpc) is 2.69. The summed E-state index contributed by atoms with van der Waals surface area (Å²) in [5, 5.41) is 6.42. The topological polar surface area (TPSA) is 66.0 Å². The minimum atomic E-state index is -0.290. The fourth-order valence-electron chi connectivity index (χ4n) is 2.46. The molecule has 0 heterocycles. The molecule has 0 bridgehead atoms. The van der Waals surface area contributed by atoms with Crippen LogP contribution in [-0.2, 0) is 6.54 Å². The predicted molar refractivity (Wildman–Crippen MR) is 109 cm³/mol. The molecule has 0 aromatic heterocycles. The molecule has 7 heteroatoms. The van der Waals surface area contributed by atoms with Crippen molar-refractivity contribution in [2.24, 2.45) is 4.99 Å². The van der Waals surface area contributed by atoms with Crippen molar-refractivity contribution in [2.45, 2.75) is 19.6 Å². The Kier molecular flexibility index (Phi) is 7.80. The third-order valence-electron chi connectivity index (χ3n) is 4.00. The van der Waals surface area contributed by atoms with E-state index in [-0.39, 0.29) is 17.8 Å². The Morgan fingerprint density at radius 1 is 1.11 bits per heavy atom. The summed E-state index contributed by atoms with van der Waals surface area (Å²) in [6, 6.07) is 13.4. The zero-order valence-electron chi connectivity index (χ0n) is 16.7. The highest BCUT2D eigenvalue weighted by Crippen LogP contribution is 2.12. The van der Waals surface area contributed by atoms with Gasteiger partial charge in [0.25, 0.3) is 5.91 Å². The van der Waals surface area contributed by atoms with Gasteiger partial charge in [-0.1, -0.05) is 12.1 Å². The second kappa shape index (κ2) is 10.3. The molecule has 150 valence electrons. The molecule has 0 aliphatic rings. The molecule has 2 aromatic rings. The van der Waals surface area contributed by atoms with Gasteiger partial charge in [0.05, 0.1) is 6.54 Å². The first-order chi connectivity index (χ1) is 13.4. The number of aliphatic imine (C=N–C) groups is 1. The van der Waals surface area contributed by atoms with Gasteiger partial charge in [-0.15, -0.1) is 0 Å². The van der Waals surface area contributed by atoms with Crippen LogP contribution in [0.3, 0.4) is 0 Å². The highest BCUT2D eigenvalue weighted by molar-refractivity contribution is 5.93. The zero-order valence-corrected chi connectivity index (χ0v) is 16.7. The van der Waals surface area contributed by atoms with Gasteiger partial charge >= 0.3 is 0 Å². The van der Waals surface area contributed by atoms with Gasteiger partial charge in [0.15, 0.2) is 5.96 Å². The third-order valence-corrected chi connectivity index (χ3v) is 4.00. The Morgan fingerprint density at radius 2 is 1.75 bits per heavy atom. The van der Waals surface area contributed by atoms with Crippen LogP contribution in [0.4, 0.5) is 4.39 Å². The van der Waals surface area contributed by atoms with Crippen molar-refractivity contribution in [2.75, 3.05) is 27.7 Å². The standard InChI is InChI=1S/C21H27FN4O2/c1-15(28-19-11-9-18(22)10-12-19)13-24-21(23-2)25-14-16-5-7-17(8-6-16)20(27)26(3)4/h5-12,15H,13-14H2,1-4H3,(H2,23,24,25). The number of halogens is 1. The summed E-state index contributed by atoms with van der Waals surface area (Å²) >= 11 is 0. The summed E-state index contributed by atoms with van der Waals surface area (Å²) in [4.78, 5) is 17.7. The molecule has 1 atom stereocenters. The number of amides is 1. The van der Waals surface area contributed by atoms with Crippen LogP contribution in [0, 0.1) is 5.82 Å². The summed E-state index contributed by atoms with van der Waals surface area (Å²) in [5.41, 5.74) is 1.69. The fourth-order valence-corrected chi connectivity index (χ4v) is 2.46. The smallest absolute Gasteiger partial charge is 0.253 e. The van der Waals surface area contributed by atoms with Crippen molar-refractivity contribution in [3.63, 3.8) is 0 Å². The molecule has 0 aliphatic carbocycles. The van der Waals surface area contributed by atoms with E-state index in [2.05, 4.69) is 15.6 Å². The molecule has 6 nitrogen and oxygen atoms in total. The van der Waals surface area contributed by atoms with Gasteiger partial charge < -0.3 is 20.3 Å². The van der Waals surface area contributed by atoms with E-state index in [4.69, 9.17) is 4.74 Å². The van der Waals surface area contributed by atoms with E-state index in [1.165, 1.54) is 12.1 Å². The minimum absolute atomic E-state index is 0.0212. The molecule has 1 amide bonds. The van der Waals surface area contributed by atoms with E-state index < -0.39 is 0 Å². The molecule has 1 unspecified atom stereocenters. The molecule has 0 fully saturated rings. The van der Waals surface area contributed by atoms with Crippen LogP contribution >= 0.6 is 0 Å². The van der Waals surface area contributed by atoms with Crippen molar-refractivity contribution in [3.8, 4) is 5.75 Å². The summed E-state index contributed by atoms with van der Waals surface area (Å²) in [5.74, 6) is 0.947. The minimum Gasteiger partial charge on any atom is -0.489 e. The average molecular weight is 386 g/mol. The number of benzene rings is 2. The van der Waals surface area contributed by atoms with Gasteiger partial charge in [-0.3, -0.25) is 9.79 Å². The summed E-state index contributed by atoms with van der Waals surface area (Å²) in [6.45, 7) is 3.03. The molecule has 2 N–H and O–H groups in total. The molecule has 2 rings (SSSR count). The number of ether oxygens (including phenoxy) is 1. The maximum absolute atomic E-state index is 12.9. The van der Waals surface area contributed by atoms with Crippen LogP contribution in [0.1, 0.15) is 22.8 Å². The van der Waals surface area contributed by atoms with Gasteiger partial charge in [-0.05, 0) is 48.9 Å². The Balaban J connectivity index is 1.79. The molecule has 0 radical (unpaired) electrons. The lowest BCUT2D eigenvalue weighted by molar-refractivity contribution is 0.0827. The normalized spacial score (nSPS) is 12.2. The maximum atomic E-state index is 12.9. The lowest BCUT2D eigenvalue weighted by atomic mass is 10.1. The van der Waals surface area contributed by atoms with Crippen molar-refractivity contribution in [3.05, 3.63) is 65.5 Å². The summed E-state index contributed by atoms with van der Waals surface area (Å²) in [6.07, 6.45) is -0.125. The zero-order chi connectivity index (χ0) is 20.5. The number of guanidine groups is 1. The van der Waals surface area contributed by atoms with Crippen LogP contribution < -0.4 is 15.4 Å². The lowest BCUT2D eigenvalue weighted by Crippen LogP contribution is -2.41. The van der Waals surface area contributed by atoms with E-state index in [0.29, 0.717) is 30.4 Å². The maximum Gasteiger partial charge on any atom is 0.253 e. The van der Waals surface area contributed by atoms with E-state index in [1.807, 2.05) is 31.2 Å². The van der Waals surface area contributed by atoms with E-state index in [0.717, 1.165) is 5.56 Å². The van der Waals surface area contributed by atoms with Gasteiger partial charge in [0.1, 0.15) is 17.7 Å². The monoisotopic (exact) mass is 386 g/mol. The van der Waals surface area contributed by atoms with Gasteiger partial charge in [0.2, 0.25) is 0 Å². The number of nitrogens with one attached hydrogen (secondary N) is 2. The Morgan fingerprint density at radius 3 is 2.32 bits per heavy atom. The molecular weight excluding hydrogens is 359 g/mol. The van der Waals surface area contributed by atoms with Gasteiger partial charge in [-0.25, -0.2) is 4.39 Å². The number of carbonyl (C=O) groups excluding carboxylic acids is 1. The highest BCUT2D eigenvalue weighted by atomic mass is 19.1.